The molecule has 120 valence electrons. The molecule has 0 spiro atoms. The van der Waals surface area contributed by atoms with Crippen molar-refractivity contribution < 1.29 is 0 Å². The van der Waals surface area contributed by atoms with E-state index in [9.17, 15) is 0 Å². The summed E-state index contributed by atoms with van der Waals surface area (Å²) in [6.45, 7) is 22.5. The Bertz CT molecular complexity index is 334. The predicted octanol–water partition coefficient (Wildman–Crippen LogP) is 4.88. The Labute approximate surface area is 132 Å². The minimum Gasteiger partial charge on any atom is -0.358 e. The highest BCUT2D eigenvalue weighted by Gasteiger charge is 2.40. The Morgan fingerprint density at radius 1 is 0.850 bits per heavy atom. The van der Waals surface area contributed by atoms with Gasteiger partial charge in [-0.1, -0.05) is 41.0 Å². The van der Waals surface area contributed by atoms with Crippen molar-refractivity contribution in [3.63, 3.8) is 0 Å². The van der Waals surface area contributed by atoms with Gasteiger partial charge in [0, 0.05) is 11.1 Å². The van der Waals surface area contributed by atoms with E-state index in [2.05, 4.69) is 79.9 Å². The van der Waals surface area contributed by atoms with Crippen LogP contribution in [0.2, 0.25) is 0 Å². The lowest BCUT2D eigenvalue weighted by Gasteiger charge is -2.47. The zero-order valence-corrected chi connectivity index (χ0v) is 16.1. The fraction of sp³-hybridized carbons (Fsp3) is 0.941. The van der Waals surface area contributed by atoms with Gasteiger partial charge in [0.05, 0.1) is 0 Å². The van der Waals surface area contributed by atoms with Gasteiger partial charge in [-0.15, -0.1) is 0 Å². The number of rotatable bonds is 4. The summed E-state index contributed by atoms with van der Waals surface area (Å²) in [6.07, 6.45) is 2.26. The van der Waals surface area contributed by atoms with Gasteiger partial charge in [-0.25, -0.2) is 0 Å². The molecule has 0 saturated carbocycles. The summed E-state index contributed by atoms with van der Waals surface area (Å²) in [5.41, 5.74) is 0.534. The maximum atomic E-state index is 5.45. The van der Waals surface area contributed by atoms with Crippen LogP contribution in [0.1, 0.15) is 82.1 Å². The number of hydrogen-bond donors (Lipinski definition) is 2. The average Bonchev–Trinajstić information content (AvgIpc) is 2.10. The molecule has 3 heteroatoms. The molecule has 20 heavy (non-hydrogen) atoms. The second-order valence-electron chi connectivity index (χ2n) is 9.05. The molecule has 0 radical (unpaired) electrons. The fourth-order valence-electron chi connectivity index (χ4n) is 2.62. The summed E-state index contributed by atoms with van der Waals surface area (Å²) in [7, 11) is 0. The normalized spacial score (nSPS) is 16.5. The maximum absolute atomic E-state index is 5.45. The molecule has 0 bridgehead atoms. The van der Waals surface area contributed by atoms with Crippen molar-refractivity contribution in [3.05, 3.63) is 0 Å². The number of hydrogen-bond acceptors (Lipinski definition) is 1. The maximum Gasteiger partial charge on any atom is 0.167 e. The molecule has 0 aromatic carbocycles. The highest BCUT2D eigenvalue weighted by Crippen LogP contribution is 2.46. The molecule has 0 aliphatic carbocycles. The van der Waals surface area contributed by atoms with Gasteiger partial charge in [0.25, 0.3) is 0 Å². The second kappa shape index (κ2) is 6.21. The molecular weight excluding hydrogens is 264 g/mol. The van der Waals surface area contributed by atoms with Crippen molar-refractivity contribution in [1.29, 1.82) is 0 Å². The SMILES string of the molecule is CCC(C)(CC(C)(C)NC(=S)NC(C)(C)C)C(C)(C)C. The molecule has 0 aromatic rings. The first-order valence-corrected chi connectivity index (χ1v) is 8.13. The number of nitrogens with one attached hydrogen (secondary N) is 2. The highest BCUT2D eigenvalue weighted by atomic mass is 32.1. The van der Waals surface area contributed by atoms with E-state index in [-0.39, 0.29) is 21.9 Å². The lowest BCUT2D eigenvalue weighted by molar-refractivity contribution is 0.0629. The summed E-state index contributed by atoms with van der Waals surface area (Å²) in [4.78, 5) is 0. The zero-order chi connectivity index (χ0) is 16.4. The zero-order valence-electron chi connectivity index (χ0n) is 15.3. The average molecular weight is 301 g/mol. The number of thiocarbonyl (C=S) groups is 1. The minimum atomic E-state index is -0.0205. The molecule has 2 nitrogen and oxygen atoms in total. The third kappa shape index (κ3) is 6.43. The standard InChI is InChI=1S/C17H36N2S/c1-11-17(10,14(2,3)4)12-16(8,9)19-13(20)18-15(5,6)7/h11-12H2,1-10H3,(H2,18,19,20). The lowest BCUT2D eigenvalue weighted by Crippen LogP contribution is -2.55. The van der Waals surface area contributed by atoms with Crippen molar-refractivity contribution in [2.45, 2.75) is 93.2 Å². The summed E-state index contributed by atoms with van der Waals surface area (Å²) >= 11 is 5.45. The van der Waals surface area contributed by atoms with Crippen LogP contribution in [0.5, 0.6) is 0 Å². The van der Waals surface area contributed by atoms with E-state index in [4.69, 9.17) is 12.2 Å². The first kappa shape index (κ1) is 19.7. The van der Waals surface area contributed by atoms with E-state index in [1.807, 2.05) is 0 Å². The van der Waals surface area contributed by atoms with Gasteiger partial charge in [-0.3, -0.25) is 0 Å². The molecule has 0 heterocycles. The van der Waals surface area contributed by atoms with Crippen LogP contribution >= 0.6 is 12.2 Å². The molecule has 2 N–H and O–H groups in total. The molecule has 0 saturated heterocycles. The topological polar surface area (TPSA) is 24.1 Å². The van der Waals surface area contributed by atoms with Crippen molar-refractivity contribution in [3.8, 4) is 0 Å². The molecular formula is C17H36N2S. The van der Waals surface area contributed by atoms with Gasteiger partial charge in [0.1, 0.15) is 0 Å². The van der Waals surface area contributed by atoms with Crippen molar-refractivity contribution >= 4 is 17.3 Å². The Kier molecular flexibility index (Phi) is 6.11. The van der Waals surface area contributed by atoms with Crippen LogP contribution in [0.3, 0.4) is 0 Å². The molecule has 0 aliphatic heterocycles. The van der Waals surface area contributed by atoms with Gasteiger partial charge in [-0.2, -0.15) is 0 Å². The van der Waals surface area contributed by atoms with Gasteiger partial charge in [0.15, 0.2) is 5.11 Å². The molecule has 1 atom stereocenters. The van der Waals surface area contributed by atoms with Crippen LogP contribution in [-0.4, -0.2) is 16.2 Å². The smallest absolute Gasteiger partial charge is 0.167 e. The molecule has 0 aromatic heterocycles. The Morgan fingerprint density at radius 2 is 1.30 bits per heavy atom. The van der Waals surface area contributed by atoms with E-state index < -0.39 is 0 Å². The Morgan fingerprint density at radius 3 is 1.60 bits per heavy atom. The van der Waals surface area contributed by atoms with E-state index >= 15 is 0 Å². The van der Waals surface area contributed by atoms with Crippen molar-refractivity contribution in [2.75, 3.05) is 0 Å². The van der Waals surface area contributed by atoms with Gasteiger partial charge in [-0.05, 0) is 64.1 Å². The molecule has 0 fully saturated rings. The van der Waals surface area contributed by atoms with Crippen LogP contribution in [-0.2, 0) is 0 Å². The Balaban J connectivity index is 4.86. The van der Waals surface area contributed by atoms with Gasteiger partial charge in [0.2, 0.25) is 0 Å². The predicted molar refractivity (Wildman–Crippen MR) is 95.2 cm³/mol. The van der Waals surface area contributed by atoms with E-state index in [1.54, 1.807) is 0 Å². The summed E-state index contributed by atoms with van der Waals surface area (Å²) in [5.74, 6) is 0. The van der Waals surface area contributed by atoms with Crippen LogP contribution < -0.4 is 10.6 Å². The second-order valence-corrected chi connectivity index (χ2v) is 9.46. The van der Waals surface area contributed by atoms with Crippen LogP contribution in [0.15, 0.2) is 0 Å². The molecule has 0 rings (SSSR count). The largest absolute Gasteiger partial charge is 0.358 e. The molecule has 1 unspecified atom stereocenters. The van der Waals surface area contributed by atoms with E-state index in [0.717, 1.165) is 11.5 Å². The lowest BCUT2D eigenvalue weighted by atomic mass is 9.61. The van der Waals surface area contributed by atoms with Crippen LogP contribution in [0.25, 0.3) is 0 Å². The Hall–Kier alpha value is -0.310. The quantitative estimate of drug-likeness (QED) is 0.724. The summed E-state index contributed by atoms with van der Waals surface area (Å²) < 4.78 is 0. The minimum absolute atomic E-state index is 0.00174. The monoisotopic (exact) mass is 300 g/mol. The van der Waals surface area contributed by atoms with Crippen LogP contribution in [0.4, 0.5) is 0 Å². The third-order valence-electron chi connectivity index (χ3n) is 4.36. The highest BCUT2D eigenvalue weighted by molar-refractivity contribution is 7.80. The molecule has 0 amide bonds. The fourth-order valence-corrected chi connectivity index (χ4v) is 3.20. The van der Waals surface area contributed by atoms with Crippen molar-refractivity contribution in [2.24, 2.45) is 10.8 Å². The van der Waals surface area contributed by atoms with Crippen molar-refractivity contribution in [1.82, 2.24) is 10.6 Å². The van der Waals surface area contributed by atoms with Gasteiger partial charge < -0.3 is 10.6 Å². The first-order chi connectivity index (χ1) is 8.62. The first-order valence-electron chi connectivity index (χ1n) is 7.72. The van der Waals surface area contributed by atoms with Crippen LogP contribution in [0, 0.1) is 10.8 Å². The summed E-state index contributed by atoms with van der Waals surface area (Å²) in [5, 5.41) is 7.58. The third-order valence-corrected chi connectivity index (χ3v) is 4.57. The van der Waals surface area contributed by atoms with E-state index in [0.29, 0.717) is 0 Å². The van der Waals surface area contributed by atoms with Gasteiger partial charge >= 0.3 is 0 Å². The molecule has 0 aliphatic rings. The van der Waals surface area contributed by atoms with E-state index in [1.165, 1.54) is 6.42 Å². The summed E-state index contributed by atoms with van der Waals surface area (Å²) in [6, 6.07) is 0.